The summed E-state index contributed by atoms with van der Waals surface area (Å²) in [6.45, 7) is 8.54. The van der Waals surface area contributed by atoms with Gasteiger partial charge in [-0.2, -0.15) is 5.10 Å². The van der Waals surface area contributed by atoms with Crippen molar-refractivity contribution >= 4 is 6.09 Å². The quantitative estimate of drug-likeness (QED) is 0.695. The number of ether oxygens (including phenoxy) is 2. The van der Waals surface area contributed by atoms with E-state index in [4.69, 9.17) is 9.47 Å². The molecule has 7 heteroatoms. The first kappa shape index (κ1) is 22.6. The summed E-state index contributed by atoms with van der Waals surface area (Å²) in [6, 6.07) is 10.4. The molecule has 2 aliphatic rings. The number of benzene rings is 1. The molecule has 1 aromatic heterocycles. The maximum absolute atomic E-state index is 12.4. The number of hydrogen-bond acceptors (Lipinski definition) is 5. The molecule has 1 amide bonds. The molecule has 1 saturated carbocycles. The highest BCUT2D eigenvalue weighted by atomic mass is 16.6. The molecule has 0 bridgehead atoms. The van der Waals surface area contributed by atoms with Crippen molar-refractivity contribution in [1.82, 2.24) is 20.0 Å². The van der Waals surface area contributed by atoms with Crippen LogP contribution in [0.4, 0.5) is 4.79 Å². The van der Waals surface area contributed by atoms with Crippen molar-refractivity contribution in [1.29, 1.82) is 0 Å². The molecule has 1 aliphatic carbocycles. The van der Waals surface area contributed by atoms with Crippen LogP contribution in [0, 0.1) is 6.92 Å². The van der Waals surface area contributed by atoms with E-state index >= 15 is 0 Å². The summed E-state index contributed by atoms with van der Waals surface area (Å²) >= 11 is 0. The summed E-state index contributed by atoms with van der Waals surface area (Å²) in [4.78, 5) is 14.9. The van der Waals surface area contributed by atoms with Crippen LogP contribution >= 0.6 is 0 Å². The number of likely N-dealkylation sites (tertiary alicyclic amines) is 1. The van der Waals surface area contributed by atoms with Crippen LogP contribution in [0.1, 0.15) is 64.5 Å². The fourth-order valence-corrected chi connectivity index (χ4v) is 4.64. The van der Waals surface area contributed by atoms with Crippen molar-refractivity contribution in [2.45, 2.75) is 83.9 Å². The Morgan fingerprint density at radius 1 is 1.06 bits per heavy atom. The fraction of sp³-hybridized carbons (Fsp3) is 0.600. The Balaban J connectivity index is 1.36. The van der Waals surface area contributed by atoms with Gasteiger partial charge in [0.2, 0.25) is 5.88 Å². The number of carbonyl (C=O) groups excluding carboxylic acids is 1. The lowest BCUT2D eigenvalue weighted by molar-refractivity contribution is 0.0843. The van der Waals surface area contributed by atoms with E-state index in [9.17, 15) is 4.79 Å². The van der Waals surface area contributed by atoms with Crippen LogP contribution < -0.4 is 14.8 Å². The number of rotatable bonds is 6. The van der Waals surface area contributed by atoms with Gasteiger partial charge in [-0.15, -0.1) is 0 Å². The van der Waals surface area contributed by atoms with Crippen molar-refractivity contribution in [3.05, 3.63) is 36.0 Å². The number of aryl methyl sites for hydroxylation is 1. The predicted octanol–water partition coefficient (Wildman–Crippen LogP) is 4.85. The Hall–Kier alpha value is -2.54. The maximum atomic E-state index is 12.4. The average molecular weight is 441 g/mol. The molecule has 1 saturated heterocycles. The zero-order valence-corrected chi connectivity index (χ0v) is 19.5. The summed E-state index contributed by atoms with van der Waals surface area (Å²) in [5.74, 6) is 1.28. The number of nitrogens with zero attached hydrogens (tertiary/aromatic N) is 3. The maximum Gasteiger partial charge on any atom is 0.414 e. The SMILES string of the molecule is Cc1cc(OC(=O)NC2CCCCC2)n(-c2ccc(OC3CCN(C(C)C)CC3)cc2)n1. The molecule has 0 radical (unpaired) electrons. The molecule has 174 valence electrons. The smallest absolute Gasteiger partial charge is 0.414 e. The molecule has 2 aromatic rings. The van der Waals surface area contributed by atoms with Crippen molar-refractivity contribution in [3.8, 4) is 17.3 Å². The van der Waals surface area contributed by atoms with Gasteiger partial charge in [0.15, 0.2) is 0 Å². The minimum Gasteiger partial charge on any atom is -0.490 e. The Morgan fingerprint density at radius 2 is 1.75 bits per heavy atom. The van der Waals surface area contributed by atoms with Gasteiger partial charge in [-0.1, -0.05) is 19.3 Å². The van der Waals surface area contributed by atoms with Gasteiger partial charge in [-0.25, -0.2) is 9.48 Å². The van der Waals surface area contributed by atoms with Crippen LogP contribution in [0.3, 0.4) is 0 Å². The van der Waals surface area contributed by atoms with Crippen LogP contribution in [-0.4, -0.2) is 52.1 Å². The van der Waals surface area contributed by atoms with Crippen molar-refractivity contribution in [3.63, 3.8) is 0 Å². The summed E-state index contributed by atoms with van der Waals surface area (Å²) in [5.41, 5.74) is 1.63. The third-order valence-corrected chi connectivity index (χ3v) is 6.51. The largest absolute Gasteiger partial charge is 0.490 e. The Labute approximate surface area is 191 Å². The summed E-state index contributed by atoms with van der Waals surface area (Å²) in [5, 5.41) is 7.51. The van der Waals surface area contributed by atoms with Crippen molar-refractivity contribution in [2.24, 2.45) is 0 Å². The highest BCUT2D eigenvalue weighted by Gasteiger charge is 2.22. The third-order valence-electron chi connectivity index (χ3n) is 6.51. The van der Waals surface area contributed by atoms with Gasteiger partial charge in [-0.05, 0) is 70.7 Å². The van der Waals surface area contributed by atoms with Gasteiger partial charge >= 0.3 is 6.09 Å². The van der Waals surface area contributed by atoms with Gasteiger partial charge in [0.1, 0.15) is 11.9 Å². The van der Waals surface area contributed by atoms with Gasteiger partial charge in [-0.3, -0.25) is 0 Å². The minimum absolute atomic E-state index is 0.206. The lowest BCUT2D eigenvalue weighted by Gasteiger charge is -2.34. The monoisotopic (exact) mass is 440 g/mol. The predicted molar refractivity (Wildman–Crippen MR) is 125 cm³/mol. The second kappa shape index (κ2) is 10.4. The molecule has 0 unspecified atom stereocenters. The van der Waals surface area contributed by atoms with Crippen LogP contribution in [0.25, 0.3) is 5.69 Å². The number of amides is 1. The van der Waals surface area contributed by atoms with E-state index in [0.29, 0.717) is 11.9 Å². The summed E-state index contributed by atoms with van der Waals surface area (Å²) in [7, 11) is 0. The van der Waals surface area contributed by atoms with E-state index in [1.54, 1.807) is 10.7 Å². The van der Waals surface area contributed by atoms with E-state index in [2.05, 4.69) is 29.2 Å². The normalized spacial score (nSPS) is 18.6. The molecule has 1 N–H and O–H groups in total. The van der Waals surface area contributed by atoms with Gasteiger partial charge in [0.25, 0.3) is 0 Å². The van der Waals surface area contributed by atoms with Crippen molar-refractivity contribution < 1.29 is 14.3 Å². The zero-order chi connectivity index (χ0) is 22.5. The van der Waals surface area contributed by atoms with Crippen LogP contribution in [0.5, 0.6) is 11.6 Å². The standard InChI is InChI=1S/C25H36N4O3/c1-18(2)28-15-13-23(14-16-28)31-22-11-9-21(10-12-22)29-24(17-19(3)27-29)32-25(30)26-20-7-5-4-6-8-20/h9-12,17-18,20,23H,4-8,13-16H2,1-3H3,(H,26,30). The van der Waals surface area contributed by atoms with E-state index in [-0.39, 0.29) is 12.1 Å². The number of aromatic nitrogens is 2. The van der Waals surface area contributed by atoms with Crippen LogP contribution in [0.15, 0.2) is 30.3 Å². The van der Waals surface area contributed by atoms with E-state index < -0.39 is 6.09 Å². The second-order valence-electron chi connectivity index (χ2n) is 9.35. The number of carbonyl (C=O) groups is 1. The molecule has 32 heavy (non-hydrogen) atoms. The fourth-order valence-electron chi connectivity index (χ4n) is 4.64. The highest BCUT2D eigenvalue weighted by Crippen LogP contribution is 2.25. The molecule has 1 aromatic carbocycles. The van der Waals surface area contributed by atoms with Crippen LogP contribution in [0.2, 0.25) is 0 Å². The molecule has 1 aliphatic heterocycles. The molecule has 7 nitrogen and oxygen atoms in total. The number of hydrogen-bond donors (Lipinski definition) is 1. The lowest BCUT2D eigenvalue weighted by Crippen LogP contribution is -2.41. The Morgan fingerprint density at radius 3 is 2.41 bits per heavy atom. The molecular weight excluding hydrogens is 404 g/mol. The average Bonchev–Trinajstić information content (AvgIpc) is 3.15. The molecule has 4 rings (SSSR count). The topological polar surface area (TPSA) is 68.6 Å². The third kappa shape index (κ3) is 5.82. The van der Waals surface area contributed by atoms with Gasteiger partial charge in [0.05, 0.1) is 11.4 Å². The first-order chi connectivity index (χ1) is 15.5. The summed E-state index contributed by atoms with van der Waals surface area (Å²) < 4.78 is 13.5. The minimum atomic E-state index is -0.411. The molecule has 0 atom stereocenters. The lowest BCUT2D eigenvalue weighted by atomic mass is 9.96. The van der Waals surface area contributed by atoms with E-state index in [0.717, 1.165) is 68.7 Å². The number of nitrogens with one attached hydrogen (secondary N) is 1. The first-order valence-electron chi connectivity index (χ1n) is 12.0. The molecule has 2 heterocycles. The summed E-state index contributed by atoms with van der Waals surface area (Å²) in [6.07, 6.45) is 7.54. The highest BCUT2D eigenvalue weighted by molar-refractivity contribution is 5.70. The van der Waals surface area contributed by atoms with E-state index in [1.807, 2.05) is 31.2 Å². The van der Waals surface area contributed by atoms with Crippen molar-refractivity contribution in [2.75, 3.05) is 13.1 Å². The Kier molecular flexibility index (Phi) is 7.35. The van der Waals surface area contributed by atoms with Gasteiger partial charge in [0, 0.05) is 31.2 Å². The molecule has 2 fully saturated rings. The zero-order valence-electron chi connectivity index (χ0n) is 19.5. The second-order valence-corrected chi connectivity index (χ2v) is 9.35. The molecular formula is C25H36N4O3. The number of piperidine rings is 1. The molecule has 0 spiro atoms. The Bertz CT molecular complexity index is 879. The van der Waals surface area contributed by atoms with Gasteiger partial charge < -0.3 is 19.7 Å². The first-order valence-corrected chi connectivity index (χ1v) is 12.0. The van der Waals surface area contributed by atoms with E-state index in [1.165, 1.54) is 6.42 Å². The van der Waals surface area contributed by atoms with Crippen LogP contribution in [-0.2, 0) is 0 Å².